The number of primary amides is 1. The number of aromatic hydroxyl groups is 1. The average molecular weight is 545 g/mol. The molecule has 0 saturated carbocycles. The number of nitrogens with zero attached hydrogens (tertiary/aromatic N) is 1. The number of rotatable bonds is 8. The molecule has 2 aromatic heterocycles. The third kappa shape index (κ3) is 6.02. The molecule has 0 aliphatic heterocycles. The van der Waals surface area contributed by atoms with Crippen molar-refractivity contribution in [1.29, 1.82) is 0 Å². The van der Waals surface area contributed by atoms with Crippen molar-refractivity contribution in [2.45, 2.75) is 31.7 Å². The van der Waals surface area contributed by atoms with E-state index in [9.17, 15) is 19.1 Å². The van der Waals surface area contributed by atoms with Crippen LogP contribution in [0.15, 0.2) is 78.6 Å². The number of H-pyrrole nitrogens is 1. The molecule has 4 aromatic rings. The van der Waals surface area contributed by atoms with Crippen molar-refractivity contribution in [3.05, 3.63) is 112 Å². The van der Waals surface area contributed by atoms with Gasteiger partial charge in [0, 0.05) is 39.5 Å². The number of phenolic OH excluding ortho intramolecular Hbond substituents is 1. The highest BCUT2D eigenvalue weighted by atomic mass is 35.5. The predicted octanol–water partition coefficient (Wildman–Crippen LogP) is 5.29. The number of amides is 2. The highest BCUT2D eigenvalue weighted by molar-refractivity contribution is 6.30. The summed E-state index contributed by atoms with van der Waals surface area (Å²) in [5, 5.41) is 14.0. The number of benzene rings is 2. The fourth-order valence-corrected chi connectivity index (χ4v) is 5.21. The number of hydrogen-bond donors (Lipinski definition) is 4. The van der Waals surface area contributed by atoms with Crippen LogP contribution >= 0.6 is 11.6 Å². The van der Waals surface area contributed by atoms with Gasteiger partial charge in [-0.15, -0.1) is 0 Å². The molecule has 9 heteroatoms. The van der Waals surface area contributed by atoms with Crippen LogP contribution in [-0.4, -0.2) is 26.9 Å². The molecule has 1 aliphatic rings. The largest absolute Gasteiger partial charge is 0.508 e. The smallest absolute Gasteiger partial charge is 0.248 e. The number of carbonyl (C=O) groups excluding carboxylic acids is 2. The van der Waals surface area contributed by atoms with Crippen LogP contribution in [0.1, 0.15) is 41.3 Å². The van der Waals surface area contributed by atoms with Crippen molar-refractivity contribution in [2.24, 2.45) is 5.73 Å². The van der Waals surface area contributed by atoms with E-state index in [0.717, 1.165) is 27.6 Å². The Kier molecular flexibility index (Phi) is 7.47. The molecule has 5 N–H and O–H groups in total. The summed E-state index contributed by atoms with van der Waals surface area (Å²) in [6, 6.07) is 12.2. The van der Waals surface area contributed by atoms with Gasteiger partial charge in [-0.05, 0) is 84.5 Å². The summed E-state index contributed by atoms with van der Waals surface area (Å²) >= 11 is 6.12. The molecular formula is C30H26ClFN4O3. The molecular weight excluding hydrogens is 519 g/mol. The number of halogens is 2. The van der Waals surface area contributed by atoms with E-state index in [2.05, 4.69) is 15.3 Å². The molecule has 1 atom stereocenters. The number of carbonyl (C=O) groups is 2. The Bertz CT molecular complexity index is 1620. The van der Waals surface area contributed by atoms with Crippen molar-refractivity contribution in [3.8, 4) is 5.75 Å². The number of allylic oxidation sites excluding steroid dienone is 2. The summed E-state index contributed by atoms with van der Waals surface area (Å²) in [5.41, 5.74) is 10.3. The zero-order valence-corrected chi connectivity index (χ0v) is 21.6. The van der Waals surface area contributed by atoms with Crippen LogP contribution in [0.2, 0.25) is 5.02 Å². The number of aromatic amines is 1. The molecule has 1 unspecified atom stereocenters. The standard InChI is InChI=1S/C30H26ClFN4O3/c31-21-9-17(10-22(32)14-21)11-27(36-28(38)13-20-16-35-26-7-6-23(37)15-25(20)26)29-24(5-2-8-34-29)18-3-1-4-19(12-18)30(33)39/h2,4-10,12,14-16,27,35,37H,1,3,11,13H2,(H2,33,39)(H,36,38). The fraction of sp³-hybridized carbons (Fsp3) is 0.167. The number of aromatic nitrogens is 2. The molecule has 2 amide bonds. The van der Waals surface area contributed by atoms with E-state index < -0.39 is 17.8 Å². The number of nitrogens with one attached hydrogen (secondary N) is 2. The lowest BCUT2D eigenvalue weighted by Gasteiger charge is -2.23. The van der Waals surface area contributed by atoms with Gasteiger partial charge in [-0.25, -0.2) is 4.39 Å². The van der Waals surface area contributed by atoms with Crippen molar-refractivity contribution in [1.82, 2.24) is 15.3 Å². The van der Waals surface area contributed by atoms with Gasteiger partial charge in [0.15, 0.2) is 0 Å². The van der Waals surface area contributed by atoms with Gasteiger partial charge in [-0.3, -0.25) is 14.6 Å². The molecule has 0 bridgehead atoms. The Morgan fingerprint density at radius 2 is 2.05 bits per heavy atom. The van der Waals surface area contributed by atoms with E-state index in [1.165, 1.54) is 12.1 Å². The quantitative estimate of drug-likeness (QED) is 0.241. The van der Waals surface area contributed by atoms with Crippen molar-refractivity contribution in [2.75, 3.05) is 0 Å². The lowest BCUT2D eigenvalue weighted by molar-refractivity contribution is -0.121. The van der Waals surface area contributed by atoms with Gasteiger partial charge in [-0.2, -0.15) is 0 Å². The Labute approximate surface area is 229 Å². The zero-order valence-electron chi connectivity index (χ0n) is 20.9. The summed E-state index contributed by atoms with van der Waals surface area (Å²) in [7, 11) is 0. The van der Waals surface area contributed by atoms with E-state index in [1.807, 2.05) is 6.07 Å². The minimum Gasteiger partial charge on any atom is -0.508 e. The van der Waals surface area contributed by atoms with E-state index in [0.29, 0.717) is 29.7 Å². The third-order valence-electron chi connectivity index (χ3n) is 6.71. The lowest BCUT2D eigenvalue weighted by atomic mass is 9.89. The first-order valence-corrected chi connectivity index (χ1v) is 12.8. The van der Waals surface area contributed by atoms with Crippen molar-refractivity contribution in [3.63, 3.8) is 0 Å². The van der Waals surface area contributed by atoms with Gasteiger partial charge < -0.3 is 21.1 Å². The first-order chi connectivity index (χ1) is 18.8. The Balaban J connectivity index is 1.50. The van der Waals surface area contributed by atoms with E-state index in [4.69, 9.17) is 17.3 Å². The van der Waals surface area contributed by atoms with Crippen LogP contribution in [0.4, 0.5) is 4.39 Å². The monoisotopic (exact) mass is 544 g/mol. The summed E-state index contributed by atoms with van der Waals surface area (Å²) in [6.45, 7) is 0. The van der Waals surface area contributed by atoms with Gasteiger partial charge in [0.05, 0.1) is 18.2 Å². The Hall–Kier alpha value is -4.43. The summed E-state index contributed by atoms with van der Waals surface area (Å²) < 4.78 is 14.2. The number of pyridine rings is 1. The van der Waals surface area contributed by atoms with Crippen LogP contribution in [0.25, 0.3) is 16.5 Å². The maximum Gasteiger partial charge on any atom is 0.248 e. The molecule has 2 aromatic carbocycles. The first-order valence-electron chi connectivity index (χ1n) is 12.5. The predicted molar refractivity (Wildman–Crippen MR) is 148 cm³/mol. The second-order valence-electron chi connectivity index (χ2n) is 9.49. The van der Waals surface area contributed by atoms with Gasteiger partial charge in [0.1, 0.15) is 11.6 Å². The summed E-state index contributed by atoms with van der Waals surface area (Å²) in [6.07, 6.45) is 8.51. The molecule has 2 heterocycles. The number of phenols is 1. The van der Waals surface area contributed by atoms with Crippen molar-refractivity contribution >= 4 is 39.9 Å². The maximum absolute atomic E-state index is 14.2. The molecule has 0 saturated heterocycles. The van der Waals surface area contributed by atoms with Gasteiger partial charge >= 0.3 is 0 Å². The molecule has 0 fully saturated rings. The van der Waals surface area contributed by atoms with Crippen molar-refractivity contribution < 1.29 is 19.1 Å². The highest BCUT2D eigenvalue weighted by Crippen LogP contribution is 2.32. The first kappa shape index (κ1) is 26.2. The Morgan fingerprint density at radius 1 is 1.21 bits per heavy atom. The average Bonchev–Trinajstić information content (AvgIpc) is 3.29. The number of nitrogens with two attached hydrogens (primary N) is 1. The molecule has 0 spiro atoms. The summed E-state index contributed by atoms with van der Waals surface area (Å²) in [5.74, 6) is -1.16. The highest BCUT2D eigenvalue weighted by Gasteiger charge is 2.24. The van der Waals surface area contributed by atoms with E-state index in [-0.39, 0.29) is 29.5 Å². The van der Waals surface area contributed by atoms with Gasteiger partial charge in [-0.1, -0.05) is 23.7 Å². The topological polar surface area (TPSA) is 121 Å². The second kappa shape index (κ2) is 11.1. The third-order valence-corrected chi connectivity index (χ3v) is 6.92. The number of fused-ring (bicyclic) bond motifs is 1. The van der Waals surface area contributed by atoms with E-state index >= 15 is 0 Å². The van der Waals surface area contributed by atoms with Crippen LogP contribution in [0.5, 0.6) is 5.75 Å². The minimum atomic E-state index is -0.631. The van der Waals surface area contributed by atoms with Gasteiger partial charge in [0.2, 0.25) is 11.8 Å². The normalized spacial score (nSPS) is 14.0. The molecule has 0 radical (unpaired) electrons. The van der Waals surface area contributed by atoms with Crippen LogP contribution in [0, 0.1) is 5.82 Å². The van der Waals surface area contributed by atoms with Crippen LogP contribution in [0.3, 0.4) is 0 Å². The van der Waals surface area contributed by atoms with Gasteiger partial charge in [0.25, 0.3) is 0 Å². The zero-order chi connectivity index (χ0) is 27.5. The van der Waals surface area contributed by atoms with E-state index in [1.54, 1.807) is 54.9 Å². The lowest BCUT2D eigenvalue weighted by Crippen LogP contribution is -2.32. The fourth-order valence-electron chi connectivity index (χ4n) is 4.96. The number of hydrogen-bond acceptors (Lipinski definition) is 4. The summed E-state index contributed by atoms with van der Waals surface area (Å²) in [4.78, 5) is 32.9. The minimum absolute atomic E-state index is 0.0449. The Morgan fingerprint density at radius 3 is 2.85 bits per heavy atom. The molecule has 198 valence electrons. The van der Waals surface area contributed by atoms with Crippen LogP contribution in [-0.2, 0) is 22.4 Å². The SMILES string of the molecule is NC(=O)C1=CCCC(c2cccnc2C(Cc2cc(F)cc(Cl)c2)NC(=O)Cc2c[nH]c3ccc(O)cc23)=C1. The molecule has 39 heavy (non-hydrogen) atoms. The molecule has 1 aliphatic carbocycles. The molecule has 7 nitrogen and oxygen atoms in total. The van der Waals surface area contributed by atoms with Crippen LogP contribution < -0.4 is 11.1 Å². The second-order valence-corrected chi connectivity index (χ2v) is 9.93. The maximum atomic E-state index is 14.2. The molecule has 5 rings (SSSR count).